The van der Waals surface area contributed by atoms with Crippen molar-refractivity contribution in [3.63, 3.8) is 0 Å². The van der Waals surface area contributed by atoms with Gasteiger partial charge >= 0.3 is 0 Å². The number of hydrogen-bond donors (Lipinski definition) is 1. The van der Waals surface area contributed by atoms with Crippen molar-refractivity contribution in [2.24, 2.45) is 5.73 Å². The molecule has 2 N–H and O–H groups in total. The highest BCUT2D eigenvalue weighted by atomic mass is 16.5. The Hall–Kier alpha value is -0.980. The van der Waals surface area contributed by atoms with Crippen LogP contribution < -0.4 is 5.73 Å². The molecule has 1 aliphatic rings. The molecule has 6 nitrogen and oxygen atoms in total. The maximum absolute atomic E-state index is 5.63. The van der Waals surface area contributed by atoms with E-state index in [0.717, 1.165) is 13.1 Å². The van der Waals surface area contributed by atoms with Crippen LogP contribution >= 0.6 is 0 Å². The van der Waals surface area contributed by atoms with Gasteiger partial charge in [-0.05, 0) is 13.8 Å². The number of hydrogen-bond acceptors (Lipinski definition) is 6. The monoisotopic (exact) mass is 226 g/mol. The third kappa shape index (κ3) is 2.40. The minimum atomic E-state index is -0.0970. The Labute approximate surface area is 94.7 Å². The van der Waals surface area contributed by atoms with E-state index in [-0.39, 0.29) is 12.6 Å². The summed E-state index contributed by atoms with van der Waals surface area (Å²) in [6.07, 6.45) is -0.0970. The predicted molar refractivity (Wildman–Crippen MR) is 57.6 cm³/mol. The molecule has 1 aliphatic heterocycles. The molecule has 0 bridgehead atoms. The number of nitrogens with two attached hydrogens (primary N) is 1. The third-order valence-corrected chi connectivity index (χ3v) is 2.77. The normalized spacial score (nSPS) is 22.9. The maximum Gasteiger partial charge on any atom is 0.240 e. The summed E-state index contributed by atoms with van der Waals surface area (Å²) in [5.41, 5.74) is 5.42. The molecule has 1 atom stereocenters. The van der Waals surface area contributed by atoms with Crippen molar-refractivity contribution >= 4 is 0 Å². The Kier molecular flexibility index (Phi) is 3.52. The molecule has 1 fully saturated rings. The number of aromatic nitrogens is 2. The third-order valence-electron chi connectivity index (χ3n) is 2.77. The average Bonchev–Trinajstić information content (AvgIpc) is 2.77. The van der Waals surface area contributed by atoms with Crippen molar-refractivity contribution < 1.29 is 9.26 Å². The Morgan fingerprint density at radius 3 is 3.00 bits per heavy atom. The van der Waals surface area contributed by atoms with E-state index < -0.39 is 0 Å². The van der Waals surface area contributed by atoms with Crippen molar-refractivity contribution in [3.05, 3.63) is 11.7 Å². The van der Waals surface area contributed by atoms with E-state index in [1.165, 1.54) is 0 Å². The van der Waals surface area contributed by atoms with E-state index >= 15 is 0 Å². The largest absolute Gasteiger partial charge is 0.367 e. The SMILES string of the molecule is CC(C)N1CCOC(c2noc(CN)n2)C1. The lowest BCUT2D eigenvalue weighted by Gasteiger charge is -2.34. The minimum Gasteiger partial charge on any atom is -0.367 e. The first-order valence-electron chi connectivity index (χ1n) is 5.59. The highest BCUT2D eigenvalue weighted by Gasteiger charge is 2.27. The summed E-state index contributed by atoms with van der Waals surface area (Å²) in [6.45, 7) is 7.08. The molecular weight excluding hydrogens is 208 g/mol. The van der Waals surface area contributed by atoms with Gasteiger partial charge in [0.1, 0.15) is 6.10 Å². The Morgan fingerprint density at radius 1 is 1.56 bits per heavy atom. The molecule has 1 aromatic rings. The molecule has 1 saturated heterocycles. The molecule has 0 amide bonds. The number of nitrogens with zero attached hydrogens (tertiary/aromatic N) is 3. The fourth-order valence-electron chi connectivity index (χ4n) is 1.78. The summed E-state index contributed by atoms with van der Waals surface area (Å²) < 4.78 is 10.6. The van der Waals surface area contributed by atoms with Gasteiger partial charge in [0, 0.05) is 19.1 Å². The Morgan fingerprint density at radius 2 is 2.38 bits per heavy atom. The lowest BCUT2D eigenvalue weighted by Crippen LogP contribution is -2.42. The van der Waals surface area contributed by atoms with Gasteiger partial charge in [-0.3, -0.25) is 4.90 Å². The summed E-state index contributed by atoms with van der Waals surface area (Å²) in [7, 11) is 0. The van der Waals surface area contributed by atoms with Crippen LogP contribution in [0.5, 0.6) is 0 Å². The molecule has 16 heavy (non-hydrogen) atoms. The van der Waals surface area contributed by atoms with Gasteiger partial charge < -0.3 is 15.0 Å². The number of morpholine rings is 1. The zero-order valence-corrected chi connectivity index (χ0v) is 9.72. The highest BCUT2D eigenvalue weighted by molar-refractivity contribution is 4.94. The Bertz CT molecular complexity index is 339. The van der Waals surface area contributed by atoms with Crippen LogP contribution in [0.15, 0.2) is 4.52 Å². The zero-order valence-electron chi connectivity index (χ0n) is 9.72. The van der Waals surface area contributed by atoms with Crippen LogP contribution in [0.3, 0.4) is 0 Å². The fraction of sp³-hybridized carbons (Fsp3) is 0.800. The van der Waals surface area contributed by atoms with E-state index in [1.807, 2.05) is 0 Å². The summed E-state index contributed by atoms with van der Waals surface area (Å²) in [4.78, 5) is 6.53. The van der Waals surface area contributed by atoms with Gasteiger partial charge in [-0.2, -0.15) is 4.98 Å². The first-order valence-corrected chi connectivity index (χ1v) is 5.59. The second kappa shape index (κ2) is 4.90. The summed E-state index contributed by atoms with van der Waals surface area (Å²) >= 11 is 0. The quantitative estimate of drug-likeness (QED) is 0.799. The van der Waals surface area contributed by atoms with Gasteiger partial charge in [-0.1, -0.05) is 5.16 Å². The lowest BCUT2D eigenvalue weighted by atomic mass is 10.2. The van der Waals surface area contributed by atoms with Gasteiger partial charge in [-0.25, -0.2) is 0 Å². The Balaban J connectivity index is 2.03. The first-order chi connectivity index (χ1) is 7.70. The van der Waals surface area contributed by atoms with Gasteiger partial charge in [-0.15, -0.1) is 0 Å². The van der Waals surface area contributed by atoms with Crippen molar-refractivity contribution in [1.29, 1.82) is 0 Å². The molecule has 0 saturated carbocycles. The van der Waals surface area contributed by atoms with Crippen molar-refractivity contribution in [1.82, 2.24) is 15.0 Å². The summed E-state index contributed by atoms with van der Waals surface area (Å²) in [5.74, 6) is 1.06. The molecule has 6 heteroatoms. The minimum absolute atomic E-state index is 0.0970. The van der Waals surface area contributed by atoms with Crippen LogP contribution in [0.1, 0.15) is 31.7 Å². The molecule has 1 unspecified atom stereocenters. The molecule has 0 aliphatic carbocycles. The zero-order chi connectivity index (χ0) is 11.5. The molecule has 0 spiro atoms. The summed E-state index contributed by atoms with van der Waals surface area (Å²) in [5, 5.41) is 3.89. The van der Waals surface area contributed by atoms with Gasteiger partial charge in [0.2, 0.25) is 11.7 Å². The van der Waals surface area contributed by atoms with Gasteiger partial charge in [0.15, 0.2) is 0 Å². The van der Waals surface area contributed by atoms with E-state index in [2.05, 4.69) is 28.9 Å². The smallest absolute Gasteiger partial charge is 0.240 e. The molecule has 1 aromatic heterocycles. The average molecular weight is 226 g/mol. The van der Waals surface area contributed by atoms with Gasteiger partial charge in [0.25, 0.3) is 0 Å². The molecule has 90 valence electrons. The van der Waals surface area contributed by atoms with Crippen LogP contribution in [0, 0.1) is 0 Å². The standard InChI is InChI=1S/C10H18N4O2/c1-7(2)14-3-4-15-8(6-14)10-12-9(5-11)16-13-10/h7-8H,3-6,11H2,1-2H3. The molecular formula is C10H18N4O2. The van der Waals surface area contributed by atoms with Crippen LogP contribution in [-0.2, 0) is 11.3 Å². The van der Waals surface area contributed by atoms with E-state index in [1.54, 1.807) is 0 Å². The lowest BCUT2D eigenvalue weighted by molar-refractivity contribution is -0.0450. The number of ether oxygens (including phenoxy) is 1. The van der Waals surface area contributed by atoms with Crippen molar-refractivity contribution in [2.45, 2.75) is 32.5 Å². The second-order valence-electron chi connectivity index (χ2n) is 4.20. The molecule has 2 rings (SSSR count). The number of rotatable bonds is 3. The van der Waals surface area contributed by atoms with Crippen LogP contribution in [0.4, 0.5) is 0 Å². The van der Waals surface area contributed by atoms with E-state index in [4.69, 9.17) is 15.0 Å². The topological polar surface area (TPSA) is 77.4 Å². The van der Waals surface area contributed by atoms with Crippen LogP contribution in [-0.4, -0.2) is 40.8 Å². The summed E-state index contributed by atoms with van der Waals surface area (Å²) in [6, 6.07) is 0.507. The molecule has 0 radical (unpaired) electrons. The van der Waals surface area contributed by atoms with Crippen LogP contribution in [0.25, 0.3) is 0 Å². The van der Waals surface area contributed by atoms with E-state index in [0.29, 0.717) is 24.4 Å². The molecule has 0 aromatic carbocycles. The van der Waals surface area contributed by atoms with Crippen molar-refractivity contribution in [2.75, 3.05) is 19.7 Å². The molecule has 2 heterocycles. The second-order valence-corrected chi connectivity index (χ2v) is 4.20. The fourth-order valence-corrected chi connectivity index (χ4v) is 1.78. The van der Waals surface area contributed by atoms with Gasteiger partial charge in [0.05, 0.1) is 13.2 Å². The first kappa shape index (κ1) is 11.5. The van der Waals surface area contributed by atoms with Crippen LogP contribution in [0.2, 0.25) is 0 Å². The maximum atomic E-state index is 5.63. The predicted octanol–water partition coefficient (Wildman–Crippen LogP) is 0.310. The van der Waals surface area contributed by atoms with Crippen molar-refractivity contribution in [3.8, 4) is 0 Å². The van der Waals surface area contributed by atoms with E-state index in [9.17, 15) is 0 Å². The highest BCUT2D eigenvalue weighted by Crippen LogP contribution is 2.20.